The van der Waals surface area contributed by atoms with Gasteiger partial charge in [0.05, 0.1) is 17.1 Å². The highest BCUT2D eigenvalue weighted by molar-refractivity contribution is 6.30. The molecule has 3 amide bonds. The standard InChI is InChI=1S/C28H30ClFN4O5/c1-28(2,3)39-27(38)32-19-7-10-21-18(16-35)13-33(23(21)11-19)15-25(37)34(20-8-9-20)14-24(36)31-12-17-5-4-6-22(29)26(17)30/h4-7,10-11,13,16,20H,8-9,12,14-15H2,1-3H3,(H,31,36)(H,32,38). The second-order valence-electron chi connectivity index (χ2n) is 10.4. The molecule has 39 heavy (non-hydrogen) atoms. The van der Waals surface area contributed by atoms with Gasteiger partial charge >= 0.3 is 6.09 Å². The number of carbonyl (C=O) groups excluding carboxylic acids is 4. The van der Waals surface area contributed by atoms with Gasteiger partial charge in [0.15, 0.2) is 6.29 Å². The van der Waals surface area contributed by atoms with Crippen molar-refractivity contribution >= 4 is 52.4 Å². The number of amides is 3. The van der Waals surface area contributed by atoms with Crippen LogP contribution in [0.4, 0.5) is 14.9 Å². The van der Waals surface area contributed by atoms with Crippen LogP contribution in [0.15, 0.2) is 42.6 Å². The fourth-order valence-electron chi connectivity index (χ4n) is 4.18. The summed E-state index contributed by atoms with van der Waals surface area (Å²) < 4.78 is 21.1. The number of fused-ring (bicyclic) bond motifs is 1. The Labute approximate surface area is 230 Å². The Balaban J connectivity index is 1.47. The summed E-state index contributed by atoms with van der Waals surface area (Å²) in [6, 6.07) is 9.47. The minimum absolute atomic E-state index is 0.0328. The Bertz CT molecular complexity index is 1430. The lowest BCUT2D eigenvalue weighted by Crippen LogP contribution is -2.43. The lowest BCUT2D eigenvalue weighted by atomic mass is 10.2. The van der Waals surface area contributed by atoms with Gasteiger partial charge in [0, 0.05) is 41.0 Å². The van der Waals surface area contributed by atoms with E-state index in [9.17, 15) is 23.6 Å². The molecule has 0 spiro atoms. The Morgan fingerprint density at radius 2 is 1.95 bits per heavy atom. The molecule has 0 saturated heterocycles. The van der Waals surface area contributed by atoms with Gasteiger partial charge in [-0.25, -0.2) is 9.18 Å². The molecule has 2 N–H and O–H groups in total. The maximum Gasteiger partial charge on any atom is 0.412 e. The number of aromatic nitrogens is 1. The Morgan fingerprint density at radius 1 is 1.21 bits per heavy atom. The van der Waals surface area contributed by atoms with E-state index in [2.05, 4.69) is 10.6 Å². The van der Waals surface area contributed by atoms with Crippen molar-refractivity contribution in [1.82, 2.24) is 14.8 Å². The first-order valence-corrected chi connectivity index (χ1v) is 12.9. The van der Waals surface area contributed by atoms with Crippen molar-refractivity contribution in [3.05, 3.63) is 64.6 Å². The smallest absolute Gasteiger partial charge is 0.412 e. The highest BCUT2D eigenvalue weighted by atomic mass is 35.5. The summed E-state index contributed by atoms with van der Waals surface area (Å²) in [4.78, 5) is 51.4. The van der Waals surface area contributed by atoms with Crippen LogP contribution in [0.2, 0.25) is 5.02 Å². The molecule has 11 heteroatoms. The van der Waals surface area contributed by atoms with E-state index in [0.717, 1.165) is 12.8 Å². The van der Waals surface area contributed by atoms with Crippen LogP contribution in [0, 0.1) is 5.82 Å². The van der Waals surface area contributed by atoms with Crippen LogP contribution in [0.1, 0.15) is 49.5 Å². The highest BCUT2D eigenvalue weighted by Gasteiger charge is 2.34. The number of hydrogen-bond donors (Lipinski definition) is 2. The first-order valence-electron chi connectivity index (χ1n) is 12.5. The molecule has 1 aliphatic rings. The predicted octanol–water partition coefficient (Wildman–Crippen LogP) is 4.90. The minimum atomic E-state index is -0.674. The van der Waals surface area contributed by atoms with E-state index in [-0.39, 0.29) is 42.2 Å². The summed E-state index contributed by atoms with van der Waals surface area (Å²) in [5.74, 6) is -1.33. The fourth-order valence-corrected chi connectivity index (χ4v) is 4.37. The average molecular weight is 557 g/mol. The van der Waals surface area contributed by atoms with Crippen LogP contribution in [-0.2, 0) is 27.4 Å². The minimum Gasteiger partial charge on any atom is -0.444 e. The van der Waals surface area contributed by atoms with Gasteiger partial charge in [-0.2, -0.15) is 0 Å². The van der Waals surface area contributed by atoms with Gasteiger partial charge in [-0.15, -0.1) is 0 Å². The van der Waals surface area contributed by atoms with Gasteiger partial charge in [0.2, 0.25) is 11.8 Å². The van der Waals surface area contributed by atoms with Crippen molar-refractivity contribution in [1.29, 1.82) is 0 Å². The summed E-state index contributed by atoms with van der Waals surface area (Å²) in [6.07, 6.45) is 3.19. The number of aldehydes is 1. The zero-order chi connectivity index (χ0) is 28.3. The SMILES string of the molecule is CC(C)(C)OC(=O)Nc1ccc2c(C=O)cn(CC(=O)N(CC(=O)NCc3cccc(Cl)c3F)C3CC3)c2c1. The number of nitrogens with one attached hydrogen (secondary N) is 2. The molecule has 206 valence electrons. The number of rotatable bonds is 9. The predicted molar refractivity (Wildman–Crippen MR) is 145 cm³/mol. The zero-order valence-corrected chi connectivity index (χ0v) is 22.7. The van der Waals surface area contributed by atoms with Gasteiger partial charge in [-0.1, -0.05) is 29.8 Å². The third-order valence-corrected chi connectivity index (χ3v) is 6.41. The van der Waals surface area contributed by atoms with Crippen molar-refractivity contribution in [3.8, 4) is 0 Å². The second kappa shape index (κ2) is 11.4. The lowest BCUT2D eigenvalue weighted by Gasteiger charge is -2.22. The highest BCUT2D eigenvalue weighted by Crippen LogP contribution is 2.29. The second-order valence-corrected chi connectivity index (χ2v) is 10.8. The molecule has 3 aromatic rings. The average Bonchev–Trinajstić information content (AvgIpc) is 3.64. The largest absolute Gasteiger partial charge is 0.444 e. The molecule has 0 unspecified atom stereocenters. The van der Waals surface area contributed by atoms with E-state index in [1.165, 1.54) is 17.0 Å². The third-order valence-electron chi connectivity index (χ3n) is 6.12. The third kappa shape index (κ3) is 7.14. The van der Waals surface area contributed by atoms with Gasteiger partial charge in [0.1, 0.15) is 18.0 Å². The molecule has 0 atom stereocenters. The van der Waals surface area contributed by atoms with Crippen LogP contribution in [-0.4, -0.2) is 51.8 Å². The molecule has 1 saturated carbocycles. The first-order chi connectivity index (χ1) is 18.4. The van der Waals surface area contributed by atoms with Crippen molar-refractivity contribution in [2.45, 2.75) is 58.3 Å². The maximum atomic E-state index is 14.1. The summed E-state index contributed by atoms with van der Waals surface area (Å²) in [7, 11) is 0. The van der Waals surface area contributed by atoms with E-state index < -0.39 is 23.4 Å². The molecule has 1 aromatic heterocycles. The van der Waals surface area contributed by atoms with Crippen LogP contribution in [0.5, 0.6) is 0 Å². The molecule has 2 aromatic carbocycles. The fraction of sp³-hybridized carbons (Fsp3) is 0.357. The van der Waals surface area contributed by atoms with Gasteiger partial charge in [0.25, 0.3) is 0 Å². The summed E-state index contributed by atoms with van der Waals surface area (Å²) in [5.41, 5.74) is 0.965. The van der Waals surface area contributed by atoms with E-state index >= 15 is 0 Å². The molecule has 1 heterocycles. The van der Waals surface area contributed by atoms with Crippen LogP contribution in [0.3, 0.4) is 0 Å². The molecule has 0 bridgehead atoms. The van der Waals surface area contributed by atoms with Gasteiger partial charge in [-0.05, 0) is 51.8 Å². The van der Waals surface area contributed by atoms with Crippen molar-refractivity contribution in [2.75, 3.05) is 11.9 Å². The number of anilines is 1. The number of carbonyl (C=O) groups is 4. The van der Waals surface area contributed by atoms with Crippen LogP contribution >= 0.6 is 11.6 Å². The Kier molecular flexibility index (Phi) is 8.25. The number of nitrogens with zero attached hydrogens (tertiary/aromatic N) is 2. The number of benzene rings is 2. The lowest BCUT2D eigenvalue weighted by molar-refractivity contribution is -0.137. The first kappa shape index (κ1) is 28.1. The maximum absolute atomic E-state index is 14.1. The molecule has 4 rings (SSSR count). The van der Waals surface area contributed by atoms with Crippen molar-refractivity contribution < 1.29 is 28.3 Å². The molecule has 9 nitrogen and oxygen atoms in total. The Morgan fingerprint density at radius 3 is 2.62 bits per heavy atom. The number of halogens is 2. The monoisotopic (exact) mass is 556 g/mol. The van der Waals surface area contributed by atoms with Gasteiger partial charge < -0.3 is 19.5 Å². The summed E-state index contributed by atoms with van der Waals surface area (Å²) in [6.45, 7) is 4.90. The molecule has 1 fully saturated rings. The molecule has 1 aliphatic carbocycles. The normalized spacial score (nSPS) is 13.2. The van der Waals surface area contributed by atoms with Crippen molar-refractivity contribution in [2.24, 2.45) is 0 Å². The summed E-state index contributed by atoms with van der Waals surface area (Å²) >= 11 is 5.80. The Hall–Kier alpha value is -3.92. The number of ether oxygens (including phenoxy) is 1. The van der Waals surface area contributed by atoms with E-state index in [4.69, 9.17) is 16.3 Å². The van der Waals surface area contributed by atoms with Crippen LogP contribution < -0.4 is 10.6 Å². The number of hydrogen-bond acceptors (Lipinski definition) is 5. The van der Waals surface area contributed by atoms with E-state index in [1.807, 2.05) is 0 Å². The molecule has 0 aliphatic heterocycles. The van der Waals surface area contributed by atoms with E-state index in [1.54, 1.807) is 55.8 Å². The molecular formula is C28H30ClFN4O5. The van der Waals surface area contributed by atoms with E-state index in [0.29, 0.717) is 28.4 Å². The topological polar surface area (TPSA) is 110 Å². The molecule has 0 radical (unpaired) electrons. The zero-order valence-electron chi connectivity index (χ0n) is 21.9. The molecular weight excluding hydrogens is 527 g/mol. The van der Waals surface area contributed by atoms with Crippen LogP contribution in [0.25, 0.3) is 10.9 Å². The quantitative estimate of drug-likeness (QED) is 0.364. The van der Waals surface area contributed by atoms with Crippen molar-refractivity contribution in [3.63, 3.8) is 0 Å². The van der Waals surface area contributed by atoms with Gasteiger partial charge in [-0.3, -0.25) is 19.7 Å². The summed E-state index contributed by atoms with van der Waals surface area (Å²) in [5, 5.41) is 5.90.